The van der Waals surface area contributed by atoms with Gasteiger partial charge in [0.1, 0.15) is 33.7 Å². The second-order valence-corrected chi connectivity index (χ2v) is 10.1. The minimum atomic E-state index is -1.21. The van der Waals surface area contributed by atoms with E-state index in [4.69, 9.17) is 16.4 Å². The largest absolute Gasteiger partial charge is 0.477 e. The number of carbonyl (C=O) groups excluding carboxylic acids is 3. The third-order valence-electron chi connectivity index (χ3n) is 5.18. The number of thioether (sulfide) groups is 1. The Morgan fingerprint density at radius 2 is 2.14 bits per heavy atom. The van der Waals surface area contributed by atoms with Crippen molar-refractivity contribution in [3.05, 3.63) is 51.9 Å². The average Bonchev–Trinajstić information content (AvgIpc) is 3.22. The number of oxime groups is 1. The van der Waals surface area contributed by atoms with E-state index in [1.54, 1.807) is 6.92 Å². The molecule has 3 amide bonds. The second-order valence-electron chi connectivity index (χ2n) is 7.43. The summed E-state index contributed by atoms with van der Waals surface area (Å²) in [5.41, 5.74) is 0.200. The maximum Gasteiger partial charge on any atom is 0.352 e. The van der Waals surface area contributed by atoms with Gasteiger partial charge >= 0.3 is 5.97 Å². The summed E-state index contributed by atoms with van der Waals surface area (Å²) in [4.78, 5) is 59.2. The summed E-state index contributed by atoms with van der Waals surface area (Å²) in [6, 6.07) is 4.52. The van der Waals surface area contributed by atoms with Gasteiger partial charge in [0.2, 0.25) is 6.41 Å². The standard InChI is InChI=1S/C21H19ClN6O6S2/c1-2-34-26-13(12-16(22)36-21(25-12)23-10-29)17(30)24-14-18(31)28-15(20(32)33)11(9-35-19(14)28)8-27-6-4-3-5-7-27/h3-7,10,14,19H,2,8-9H2,1H3,(H2-,23,24,25,29,30,32,33)/p+1/t14?,19-/m1/s1. The van der Waals surface area contributed by atoms with Crippen LogP contribution in [0.15, 0.2) is 47.0 Å². The molecule has 0 spiro atoms. The predicted molar refractivity (Wildman–Crippen MR) is 131 cm³/mol. The lowest BCUT2D eigenvalue weighted by Gasteiger charge is -2.49. The number of amides is 3. The minimum absolute atomic E-state index is 0.0230. The van der Waals surface area contributed by atoms with Gasteiger partial charge in [0, 0.05) is 23.5 Å². The van der Waals surface area contributed by atoms with Crippen molar-refractivity contribution in [2.24, 2.45) is 5.16 Å². The summed E-state index contributed by atoms with van der Waals surface area (Å²) in [5.74, 6) is -2.19. The molecule has 4 rings (SSSR count). The number of fused-ring (bicyclic) bond motifs is 1. The van der Waals surface area contributed by atoms with E-state index in [-0.39, 0.29) is 33.2 Å². The van der Waals surface area contributed by atoms with Gasteiger partial charge in [-0.2, -0.15) is 0 Å². The second kappa shape index (κ2) is 11.1. The van der Waals surface area contributed by atoms with Crippen LogP contribution in [-0.4, -0.2) is 68.7 Å². The van der Waals surface area contributed by atoms with E-state index in [1.165, 1.54) is 16.7 Å². The SMILES string of the molecule is CCON=C(C(=O)NC1C(=O)N2C(C(=O)O)=C(C[n+]3ccccc3)CS[C@H]12)c1nc(NC=O)sc1Cl. The summed E-state index contributed by atoms with van der Waals surface area (Å²) in [5, 5.41) is 18.2. The zero-order valence-electron chi connectivity index (χ0n) is 18.7. The number of β-lactam (4-membered cyclic amide) rings is 1. The molecule has 2 aromatic heterocycles. The lowest BCUT2D eigenvalue weighted by molar-refractivity contribution is -0.689. The first-order valence-corrected chi connectivity index (χ1v) is 12.8. The number of halogens is 1. The summed E-state index contributed by atoms with van der Waals surface area (Å²) >= 11 is 8.46. The Kier molecular flexibility index (Phi) is 7.86. The van der Waals surface area contributed by atoms with Crippen LogP contribution >= 0.6 is 34.7 Å². The third-order valence-corrected chi connectivity index (χ3v) is 7.70. The number of pyridine rings is 1. The molecular formula is C21H20ClN6O6S2+. The van der Waals surface area contributed by atoms with Crippen molar-refractivity contribution in [3.8, 4) is 0 Å². The van der Waals surface area contributed by atoms with Gasteiger partial charge in [-0.1, -0.05) is 34.2 Å². The number of aromatic nitrogens is 2. The van der Waals surface area contributed by atoms with Crippen LogP contribution in [0.25, 0.3) is 0 Å². The lowest BCUT2D eigenvalue weighted by Crippen LogP contribution is -2.71. The van der Waals surface area contributed by atoms with E-state index >= 15 is 0 Å². The summed E-state index contributed by atoms with van der Waals surface area (Å²) < 4.78 is 1.91. The first-order chi connectivity index (χ1) is 17.3. The molecular weight excluding hydrogens is 532 g/mol. The first-order valence-electron chi connectivity index (χ1n) is 10.6. The Hall–Kier alpha value is -3.49. The number of nitrogens with zero attached hydrogens (tertiary/aromatic N) is 4. The highest BCUT2D eigenvalue weighted by Gasteiger charge is 2.54. The van der Waals surface area contributed by atoms with Gasteiger partial charge in [-0.15, -0.1) is 11.8 Å². The van der Waals surface area contributed by atoms with Gasteiger partial charge in [0.15, 0.2) is 29.8 Å². The van der Waals surface area contributed by atoms with Crippen molar-refractivity contribution in [2.75, 3.05) is 17.7 Å². The molecule has 36 heavy (non-hydrogen) atoms. The molecule has 4 heterocycles. The molecule has 0 radical (unpaired) electrons. The molecule has 12 nitrogen and oxygen atoms in total. The van der Waals surface area contributed by atoms with Crippen LogP contribution in [0.3, 0.4) is 0 Å². The van der Waals surface area contributed by atoms with Crippen molar-refractivity contribution < 1.29 is 33.7 Å². The Balaban J connectivity index is 1.54. The maximum atomic E-state index is 13.1. The monoisotopic (exact) mass is 551 g/mol. The molecule has 2 atom stereocenters. The summed E-state index contributed by atoms with van der Waals surface area (Å²) in [6.07, 6.45) is 4.03. The number of carboxylic acid groups (broad SMARTS) is 1. The highest BCUT2D eigenvalue weighted by Crippen LogP contribution is 2.40. The molecule has 0 saturated carbocycles. The highest BCUT2D eigenvalue weighted by atomic mass is 35.5. The van der Waals surface area contributed by atoms with E-state index in [1.807, 2.05) is 35.2 Å². The number of anilines is 1. The normalized spacial score (nSPS) is 19.3. The van der Waals surface area contributed by atoms with Gasteiger partial charge < -0.3 is 20.6 Å². The average molecular weight is 552 g/mol. The van der Waals surface area contributed by atoms with Gasteiger partial charge in [0.05, 0.1) is 0 Å². The molecule has 1 fully saturated rings. The molecule has 0 aliphatic carbocycles. The molecule has 2 aliphatic rings. The number of carbonyl (C=O) groups is 4. The van der Waals surface area contributed by atoms with Crippen LogP contribution < -0.4 is 15.2 Å². The molecule has 1 saturated heterocycles. The maximum absolute atomic E-state index is 13.1. The highest BCUT2D eigenvalue weighted by molar-refractivity contribution is 8.00. The van der Waals surface area contributed by atoms with E-state index in [0.29, 0.717) is 24.3 Å². The number of hydrogen-bond acceptors (Lipinski definition) is 9. The summed E-state index contributed by atoms with van der Waals surface area (Å²) in [6.45, 7) is 2.13. The molecule has 0 bridgehead atoms. The number of rotatable bonds is 10. The summed E-state index contributed by atoms with van der Waals surface area (Å²) in [7, 11) is 0. The van der Waals surface area contributed by atoms with Gasteiger partial charge in [-0.3, -0.25) is 19.3 Å². The molecule has 0 aromatic carbocycles. The quantitative estimate of drug-likeness (QED) is 0.129. The van der Waals surface area contributed by atoms with E-state index < -0.39 is 29.2 Å². The lowest BCUT2D eigenvalue weighted by atomic mass is 10.0. The molecule has 15 heteroatoms. The zero-order chi connectivity index (χ0) is 25.8. The van der Waals surface area contributed by atoms with Crippen molar-refractivity contribution in [1.29, 1.82) is 0 Å². The van der Waals surface area contributed by atoms with Crippen molar-refractivity contribution in [2.45, 2.75) is 24.9 Å². The Bertz CT molecular complexity index is 1270. The number of carboxylic acids is 1. The van der Waals surface area contributed by atoms with Crippen LogP contribution in [0.1, 0.15) is 12.6 Å². The smallest absolute Gasteiger partial charge is 0.352 e. The minimum Gasteiger partial charge on any atom is -0.477 e. The van der Waals surface area contributed by atoms with Crippen LogP contribution in [0, 0.1) is 0 Å². The van der Waals surface area contributed by atoms with Crippen molar-refractivity contribution >= 4 is 69.7 Å². The van der Waals surface area contributed by atoms with Crippen LogP contribution in [-0.2, 0) is 30.6 Å². The number of aliphatic carboxylic acids is 1. The Morgan fingerprint density at radius 3 is 2.81 bits per heavy atom. The van der Waals surface area contributed by atoms with Crippen LogP contribution in [0.4, 0.5) is 5.13 Å². The van der Waals surface area contributed by atoms with Crippen LogP contribution in [0.2, 0.25) is 4.34 Å². The van der Waals surface area contributed by atoms with Gasteiger partial charge in [0.25, 0.3) is 11.8 Å². The topological polar surface area (TPSA) is 154 Å². The van der Waals surface area contributed by atoms with Crippen molar-refractivity contribution in [3.63, 3.8) is 0 Å². The number of nitrogens with one attached hydrogen (secondary N) is 2. The van der Waals surface area contributed by atoms with Gasteiger partial charge in [-0.05, 0) is 6.92 Å². The Labute approximate surface area is 218 Å². The molecule has 3 N–H and O–H groups in total. The van der Waals surface area contributed by atoms with E-state index in [0.717, 1.165) is 11.3 Å². The molecule has 188 valence electrons. The first kappa shape index (κ1) is 25.6. The zero-order valence-corrected chi connectivity index (χ0v) is 21.1. The third kappa shape index (κ3) is 5.05. The molecule has 1 unspecified atom stereocenters. The Morgan fingerprint density at radius 1 is 1.39 bits per heavy atom. The number of hydrogen-bond donors (Lipinski definition) is 3. The number of thiazole rings is 1. The predicted octanol–water partition coefficient (Wildman–Crippen LogP) is 0.832. The fourth-order valence-corrected chi connectivity index (χ4v) is 5.99. The fraction of sp³-hybridized carbons (Fsp3) is 0.286. The van der Waals surface area contributed by atoms with E-state index in [2.05, 4.69) is 20.8 Å². The van der Waals surface area contributed by atoms with Crippen molar-refractivity contribution in [1.82, 2.24) is 15.2 Å². The fourth-order valence-electron chi connectivity index (χ4n) is 3.66. The van der Waals surface area contributed by atoms with E-state index in [9.17, 15) is 24.3 Å². The molecule has 2 aromatic rings. The van der Waals surface area contributed by atoms with Crippen LogP contribution in [0.5, 0.6) is 0 Å². The van der Waals surface area contributed by atoms with Gasteiger partial charge in [-0.25, -0.2) is 14.3 Å². The molecule has 2 aliphatic heterocycles.